The normalized spacial score (nSPS) is 21.6. The van der Waals surface area contributed by atoms with Crippen molar-refractivity contribution in [2.75, 3.05) is 21.2 Å². The molecule has 0 bridgehead atoms. The van der Waals surface area contributed by atoms with Gasteiger partial charge >= 0.3 is 0 Å². The third kappa shape index (κ3) is 2.60. The zero-order valence-corrected chi connectivity index (χ0v) is 13.7. The third-order valence-electron chi connectivity index (χ3n) is 4.60. The van der Waals surface area contributed by atoms with Crippen LogP contribution in [0.15, 0.2) is 23.8 Å². The molecule has 0 aromatic heterocycles. The Morgan fingerprint density at radius 1 is 1.43 bits per heavy atom. The highest BCUT2D eigenvalue weighted by Crippen LogP contribution is 2.52. The predicted molar refractivity (Wildman–Crippen MR) is 86.2 cm³/mol. The highest BCUT2D eigenvalue weighted by Gasteiger charge is 2.42. The molecule has 1 aliphatic heterocycles. The first-order valence-electron chi connectivity index (χ1n) is 7.78. The van der Waals surface area contributed by atoms with E-state index < -0.39 is 0 Å². The Kier molecular flexibility index (Phi) is 4.11. The summed E-state index contributed by atoms with van der Waals surface area (Å²) in [5, 5.41) is 0. The van der Waals surface area contributed by atoms with Crippen LogP contribution in [0.2, 0.25) is 0 Å². The summed E-state index contributed by atoms with van der Waals surface area (Å²) in [6, 6.07) is 3.52. The summed E-state index contributed by atoms with van der Waals surface area (Å²) in [6.07, 6.45) is 5.05. The van der Waals surface area contributed by atoms with Gasteiger partial charge < -0.3 is 14.4 Å². The van der Waals surface area contributed by atoms with Crippen LogP contribution in [0.1, 0.15) is 41.1 Å². The van der Waals surface area contributed by atoms with Crippen LogP contribution in [0.25, 0.3) is 0 Å². The number of fused-ring (bicyclic) bond motifs is 3. The minimum Gasteiger partial charge on any atom is -0.493 e. The summed E-state index contributed by atoms with van der Waals surface area (Å²) in [7, 11) is 5.10. The van der Waals surface area contributed by atoms with Crippen molar-refractivity contribution in [1.82, 2.24) is 4.90 Å². The number of nitrogens with zero attached hydrogens (tertiary/aromatic N) is 1. The largest absolute Gasteiger partial charge is 0.493 e. The van der Waals surface area contributed by atoms with Gasteiger partial charge in [-0.05, 0) is 25.0 Å². The highest BCUT2D eigenvalue weighted by molar-refractivity contribution is 5.83. The number of aldehydes is 1. The first-order valence-corrected chi connectivity index (χ1v) is 7.78. The zero-order valence-electron chi connectivity index (χ0n) is 13.7. The smallest absolute Gasteiger partial charge is 0.226 e. The highest BCUT2D eigenvalue weighted by atomic mass is 16.5. The molecular formula is C18H21NO4. The van der Waals surface area contributed by atoms with Crippen LogP contribution in [0.4, 0.5) is 0 Å². The van der Waals surface area contributed by atoms with Crippen molar-refractivity contribution < 1.29 is 19.1 Å². The Labute approximate surface area is 135 Å². The molecule has 5 nitrogen and oxygen atoms in total. The fourth-order valence-corrected chi connectivity index (χ4v) is 3.43. The van der Waals surface area contributed by atoms with Gasteiger partial charge in [0.05, 0.1) is 7.11 Å². The second-order valence-electron chi connectivity index (χ2n) is 6.17. The van der Waals surface area contributed by atoms with Gasteiger partial charge in [0.25, 0.3) is 0 Å². The lowest BCUT2D eigenvalue weighted by molar-refractivity contribution is -0.128. The minimum absolute atomic E-state index is 0.0324. The van der Waals surface area contributed by atoms with E-state index in [9.17, 15) is 9.59 Å². The van der Waals surface area contributed by atoms with Crippen molar-refractivity contribution in [3.8, 4) is 11.5 Å². The molecule has 2 atom stereocenters. The number of amides is 1. The monoisotopic (exact) mass is 315 g/mol. The van der Waals surface area contributed by atoms with Crippen LogP contribution in [0.3, 0.4) is 0 Å². The summed E-state index contributed by atoms with van der Waals surface area (Å²) in [5.74, 6) is 1.30. The van der Waals surface area contributed by atoms with E-state index in [4.69, 9.17) is 9.47 Å². The molecule has 5 heteroatoms. The van der Waals surface area contributed by atoms with Crippen molar-refractivity contribution in [3.63, 3.8) is 0 Å². The van der Waals surface area contributed by atoms with Crippen molar-refractivity contribution in [2.24, 2.45) is 0 Å². The molecule has 23 heavy (non-hydrogen) atoms. The minimum atomic E-state index is -0.0436. The van der Waals surface area contributed by atoms with E-state index in [0.717, 1.165) is 30.3 Å². The zero-order chi connectivity index (χ0) is 16.6. The lowest BCUT2D eigenvalue weighted by atomic mass is 9.78. The molecule has 1 aliphatic carbocycles. The molecule has 0 spiro atoms. The van der Waals surface area contributed by atoms with Crippen LogP contribution in [0.5, 0.6) is 11.5 Å². The molecule has 0 N–H and O–H groups in total. The maximum absolute atomic E-state index is 12.1. The molecule has 122 valence electrons. The van der Waals surface area contributed by atoms with Crippen LogP contribution >= 0.6 is 0 Å². The Balaban J connectivity index is 2.04. The number of hydrogen-bond donors (Lipinski definition) is 0. The number of ether oxygens (including phenoxy) is 2. The van der Waals surface area contributed by atoms with Gasteiger partial charge in [-0.2, -0.15) is 0 Å². The van der Waals surface area contributed by atoms with Gasteiger partial charge in [-0.1, -0.05) is 11.6 Å². The van der Waals surface area contributed by atoms with Crippen molar-refractivity contribution in [3.05, 3.63) is 34.9 Å². The summed E-state index contributed by atoms with van der Waals surface area (Å²) in [4.78, 5) is 25.2. The van der Waals surface area contributed by atoms with E-state index >= 15 is 0 Å². The molecule has 3 rings (SSSR count). The second kappa shape index (κ2) is 6.07. The maximum atomic E-state index is 12.1. The van der Waals surface area contributed by atoms with E-state index in [0.29, 0.717) is 23.5 Å². The van der Waals surface area contributed by atoms with Gasteiger partial charge in [0.15, 0.2) is 11.5 Å². The number of carbonyl (C=O) groups is 2. The first-order chi connectivity index (χ1) is 11.1. The van der Waals surface area contributed by atoms with Crippen molar-refractivity contribution in [2.45, 2.75) is 31.3 Å². The van der Waals surface area contributed by atoms with Gasteiger partial charge in [-0.3, -0.25) is 9.59 Å². The molecule has 0 saturated heterocycles. The lowest BCUT2D eigenvalue weighted by Crippen LogP contribution is -2.28. The molecule has 0 radical (unpaired) electrons. The fourth-order valence-electron chi connectivity index (χ4n) is 3.43. The molecule has 1 aromatic rings. The summed E-state index contributed by atoms with van der Waals surface area (Å²) < 4.78 is 11.5. The lowest BCUT2D eigenvalue weighted by Gasteiger charge is -2.27. The van der Waals surface area contributed by atoms with Crippen molar-refractivity contribution >= 4 is 12.2 Å². The van der Waals surface area contributed by atoms with Gasteiger partial charge in [0.1, 0.15) is 12.4 Å². The van der Waals surface area contributed by atoms with Gasteiger partial charge in [0, 0.05) is 37.6 Å². The number of allylic oxidation sites excluding steroid dienone is 1. The molecule has 1 aromatic carbocycles. The van der Waals surface area contributed by atoms with Crippen molar-refractivity contribution in [1.29, 1.82) is 0 Å². The quantitative estimate of drug-likeness (QED) is 0.633. The van der Waals surface area contributed by atoms with Gasteiger partial charge in [-0.15, -0.1) is 0 Å². The number of rotatable bonds is 4. The van der Waals surface area contributed by atoms with Crippen LogP contribution in [-0.2, 0) is 4.79 Å². The van der Waals surface area contributed by atoms with E-state index in [1.165, 1.54) is 0 Å². The van der Waals surface area contributed by atoms with E-state index in [1.54, 1.807) is 38.2 Å². The van der Waals surface area contributed by atoms with E-state index in [1.807, 2.05) is 0 Å². The van der Waals surface area contributed by atoms with Gasteiger partial charge in [-0.25, -0.2) is 0 Å². The summed E-state index contributed by atoms with van der Waals surface area (Å²) in [6.45, 7) is 0. The average Bonchev–Trinajstić information content (AvgIpc) is 2.94. The predicted octanol–water partition coefficient (Wildman–Crippen LogP) is 2.55. The number of benzene rings is 1. The Hall–Kier alpha value is -2.30. The Morgan fingerprint density at radius 2 is 2.22 bits per heavy atom. The van der Waals surface area contributed by atoms with E-state index in [2.05, 4.69) is 6.08 Å². The SMILES string of the molecule is COc1ccc(C=O)c2c1O[C@H]1CCC=C(CC(=O)N(C)C)C21. The Morgan fingerprint density at radius 3 is 2.87 bits per heavy atom. The van der Waals surface area contributed by atoms with Gasteiger partial charge in [0.2, 0.25) is 5.91 Å². The average molecular weight is 315 g/mol. The Bertz CT molecular complexity index is 678. The van der Waals surface area contributed by atoms with Crippen LogP contribution in [0, 0.1) is 0 Å². The molecular weight excluding hydrogens is 294 g/mol. The summed E-state index contributed by atoms with van der Waals surface area (Å²) in [5.41, 5.74) is 2.51. The first kappa shape index (κ1) is 15.6. The number of hydrogen-bond acceptors (Lipinski definition) is 4. The second-order valence-corrected chi connectivity index (χ2v) is 6.17. The number of methoxy groups -OCH3 is 1. The molecule has 1 amide bonds. The van der Waals surface area contributed by atoms with E-state index in [-0.39, 0.29) is 17.9 Å². The topological polar surface area (TPSA) is 55.8 Å². The number of carbonyl (C=O) groups excluding carboxylic acids is 2. The molecule has 2 aliphatic rings. The van der Waals surface area contributed by atoms with Crippen LogP contribution < -0.4 is 9.47 Å². The third-order valence-corrected chi connectivity index (χ3v) is 4.60. The fraction of sp³-hybridized carbons (Fsp3) is 0.444. The standard InChI is InChI=1S/C18H21NO4/c1-19(2)15(21)9-11-5-4-6-13-16(11)17-12(10-20)7-8-14(22-3)18(17)23-13/h5,7-8,10,13,16H,4,6,9H2,1-3H3/t13-,16?/m0/s1. The molecule has 1 unspecified atom stereocenters. The molecule has 0 saturated carbocycles. The molecule has 1 heterocycles. The summed E-state index contributed by atoms with van der Waals surface area (Å²) >= 11 is 0. The molecule has 0 fully saturated rings. The maximum Gasteiger partial charge on any atom is 0.226 e. The van der Waals surface area contributed by atoms with Crippen LogP contribution in [-0.4, -0.2) is 44.4 Å².